The first-order valence-corrected chi connectivity index (χ1v) is 5.52. The van der Waals surface area contributed by atoms with Gasteiger partial charge in [-0.3, -0.25) is 0 Å². The molecule has 2 unspecified atom stereocenters. The van der Waals surface area contributed by atoms with E-state index in [1.54, 1.807) is 0 Å². The summed E-state index contributed by atoms with van der Waals surface area (Å²) in [7, 11) is 0. The number of nitrogen functional groups attached to an aromatic ring is 1. The number of aromatic nitrogens is 1. The third kappa shape index (κ3) is 1.82. The number of nitrogens with two attached hydrogens (primary N) is 1. The van der Waals surface area contributed by atoms with Crippen LogP contribution in [-0.2, 0) is 4.74 Å². The lowest BCUT2D eigenvalue weighted by molar-refractivity contribution is 0.0691. The molecule has 15 heavy (non-hydrogen) atoms. The van der Waals surface area contributed by atoms with Gasteiger partial charge in [-0.25, -0.2) is 9.78 Å². The Morgan fingerprint density at radius 3 is 2.93 bits per heavy atom. The van der Waals surface area contributed by atoms with Gasteiger partial charge in [-0.05, 0) is 13.3 Å². The summed E-state index contributed by atoms with van der Waals surface area (Å²) in [6.45, 7) is 2.67. The molecule has 0 aromatic carbocycles. The molecule has 1 aromatic rings. The molecular formula is C9H12N2O3S. The van der Waals surface area contributed by atoms with Gasteiger partial charge in [-0.15, -0.1) is 11.3 Å². The fourth-order valence-electron chi connectivity index (χ4n) is 1.72. The predicted molar refractivity (Wildman–Crippen MR) is 56.3 cm³/mol. The monoisotopic (exact) mass is 228 g/mol. The first-order valence-electron chi connectivity index (χ1n) is 4.70. The fraction of sp³-hybridized carbons (Fsp3) is 0.556. The number of nitrogens with zero attached hydrogens (tertiary/aromatic N) is 1. The molecule has 3 N–H and O–H groups in total. The van der Waals surface area contributed by atoms with E-state index in [0.717, 1.165) is 11.4 Å². The number of rotatable bonds is 2. The van der Waals surface area contributed by atoms with E-state index in [9.17, 15) is 4.79 Å². The Kier molecular flexibility index (Phi) is 2.62. The van der Waals surface area contributed by atoms with Crippen LogP contribution in [0.2, 0.25) is 0 Å². The molecule has 6 heteroatoms. The molecule has 2 atom stereocenters. The number of hydrogen-bond acceptors (Lipinski definition) is 5. The van der Waals surface area contributed by atoms with E-state index in [0.29, 0.717) is 6.61 Å². The van der Waals surface area contributed by atoms with Crippen LogP contribution in [0.25, 0.3) is 0 Å². The molecule has 1 saturated heterocycles. The zero-order valence-electron chi connectivity index (χ0n) is 8.27. The molecule has 0 bridgehead atoms. The van der Waals surface area contributed by atoms with Crippen LogP contribution in [0.15, 0.2) is 0 Å². The summed E-state index contributed by atoms with van der Waals surface area (Å²) in [5, 5.41) is 9.87. The van der Waals surface area contributed by atoms with E-state index < -0.39 is 5.97 Å². The molecule has 0 amide bonds. The standard InChI is InChI=1S/C9H12N2O3S/c1-4-5(2-3-14-4)8-11-6(9(12)13)7(10)15-8/h4-5H,2-3,10H2,1H3,(H,12,13). The van der Waals surface area contributed by atoms with Crippen molar-refractivity contribution in [3.63, 3.8) is 0 Å². The topological polar surface area (TPSA) is 85.4 Å². The molecule has 2 rings (SSSR count). The Labute approximate surface area is 90.9 Å². The van der Waals surface area contributed by atoms with Gasteiger partial charge in [0.25, 0.3) is 0 Å². The summed E-state index contributed by atoms with van der Waals surface area (Å²) in [6.07, 6.45) is 0.977. The highest BCUT2D eigenvalue weighted by Crippen LogP contribution is 2.35. The normalized spacial score (nSPS) is 25.7. The minimum absolute atomic E-state index is 0.0332. The zero-order valence-corrected chi connectivity index (χ0v) is 9.08. The molecule has 0 spiro atoms. The smallest absolute Gasteiger partial charge is 0.357 e. The van der Waals surface area contributed by atoms with Crippen LogP contribution in [-0.4, -0.2) is 28.8 Å². The number of aromatic carboxylic acids is 1. The molecule has 82 valence electrons. The molecule has 0 saturated carbocycles. The molecule has 1 aromatic heterocycles. The van der Waals surface area contributed by atoms with Crippen molar-refractivity contribution in [2.24, 2.45) is 0 Å². The third-order valence-electron chi connectivity index (χ3n) is 2.57. The Bertz CT molecular complexity index is 391. The number of carboxylic acid groups (broad SMARTS) is 1. The van der Waals surface area contributed by atoms with Gasteiger partial charge in [-0.1, -0.05) is 0 Å². The van der Waals surface area contributed by atoms with Crippen molar-refractivity contribution in [1.29, 1.82) is 0 Å². The van der Waals surface area contributed by atoms with Crippen LogP contribution in [0.5, 0.6) is 0 Å². The Morgan fingerprint density at radius 1 is 1.73 bits per heavy atom. The highest BCUT2D eigenvalue weighted by Gasteiger charge is 2.30. The Balaban J connectivity index is 2.29. The summed E-state index contributed by atoms with van der Waals surface area (Å²) < 4.78 is 5.41. The van der Waals surface area contributed by atoms with Crippen molar-refractivity contribution < 1.29 is 14.6 Å². The number of hydrogen-bond donors (Lipinski definition) is 2. The molecule has 5 nitrogen and oxygen atoms in total. The number of carbonyl (C=O) groups is 1. The lowest BCUT2D eigenvalue weighted by atomic mass is 10.0. The van der Waals surface area contributed by atoms with Gasteiger partial charge in [0.2, 0.25) is 0 Å². The number of carboxylic acids is 1. The van der Waals surface area contributed by atoms with Gasteiger partial charge in [0.1, 0.15) is 10.0 Å². The molecule has 1 aliphatic rings. The lowest BCUT2D eigenvalue weighted by Gasteiger charge is -2.09. The largest absolute Gasteiger partial charge is 0.476 e. The van der Waals surface area contributed by atoms with Crippen LogP contribution in [0, 0.1) is 0 Å². The van der Waals surface area contributed by atoms with Gasteiger partial charge < -0.3 is 15.6 Å². The second-order valence-electron chi connectivity index (χ2n) is 3.54. The zero-order chi connectivity index (χ0) is 11.0. The highest BCUT2D eigenvalue weighted by atomic mass is 32.1. The maximum Gasteiger partial charge on any atom is 0.357 e. The Hall–Kier alpha value is -1.14. The molecule has 1 fully saturated rings. The molecule has 2 heterocycles. The van der Waals surface area contributed by atoms with Crippen molar-refractivity contribution in [3.05, 3.63) is 10.7 Å². The summed E-state index contributed by atoms with van der Waals surface area (Å²) >= 11 is 1.25. The van der Waals surface area contributed by atoms with E-state index in [-0.39, 0.29) is 22.7 Å². The van der Waals surface area contributed by atoms with E-state index in [1.807, 2.05) is 6.92 Å². The second kappa shape index (κ2) is 3.79. The van der Waals surface area contributed by atoms with Gasteiger partial charge in [0.05, 0.1) is 6.10 Å². The minimum Gasteiger partial charge on any atom is -0.476 e. The van der Waals surface area contributed by atoms with Crippen LogP contribution in [0.3, 0.4) is 0 Å². The molecule has 1 aliphatic heterocycles. The third-order valence-corrected chi connectivity index (χ3v) is 3.58. The molecule has 0 aliphatic carbocycles. The first-order chi connectivity index (χ1) is 7.09. The van der Waals surface area contributed by atoms with E-state index in [2.05, 4.69) is 4.98 Å². The maximum atomic E-state index is 10.8. The summed E-state index contributed by atoms with van der Waals surface area (Å²) in [5.41, 5.74) is 5.56. The van der Waals surface area contributed by atoms with E-state index in [1.165, 1.54) is 11.3 Å². The molecular weight excluding hydrogens is 216 g/mol. The van der Waals surface area contributed by atoms with Crippen LogP contribution in [0.1, 0.15) is 34.8 Å². The lowest BCUT2D eigenvalue weighted by Crippen LogP contribution is -2.09. The van der Waals surface area contributed by atoms with Crippen LogP contribution >= 0.6 is 11.3 Å². The average molecular weight is 228 g/mol. The number of ether oxygens (including phenoxy) is 1. The van der Waals surface area contributed by atoms with Crippen molar-refractivity contribution in [3.8, 4) is 0 Å². The van der Waals surface area contributed by atoms with Crippen molar-refractivity contribution in [2.45, 2.75) is 25.4 Å². The SMILES string of the molecule is CC1OCCC1c1nc(C(=O)O)c(N)s1. The van der Waals surface area contributed by atoms with Gasteiger partial charge >= 0.3 is 5.97 Å². The van der Waals surface area contributed by atoms with Crippen molar-refractivity contribution >= 4 is 22.3 Å². The highest BCUT2D eigenvalue weighted by molar-refractivity contribution is 7.16. The van der Waals surface area contributed by atoms with Gasteiger partial charge in [0.15, 0.2) is 5.69 Å². The Morgan fingerprint density at radius 2 is 2.47 bits per heavy atom. The summed E-state index contributed by atoms with van der Waals surface area (Å²) in [6, 6.07) is 0. The number of thiazole rings is 1. The quantitative estimate of drug-likeness (QED) is 0.797. The van der Waals surface area contributed by atoms with Crippen molar-refractivity contribution in [1.82, 2.24) is 4.98 Å². The summed E-state index contributed by atoms with van der Waals surface area (Å²) in [5.74, 6) is -0.882. The van der Waals surface area contributed by atoms with Gasteiger partial charge in [0, 0.05) is 12.5 Å². The van der Waals surface area contributed by atoms with Gasteiger partial charge in [-0.2, -0.15) is 0 Å². The molecule has 0 radical (unpaired) electrons. The van der Waals surface area contributed by atoms with Crippen LogP contribution < -0.4 is 5.73 Å². The van der Waals surface area contributed by atoms with E-state index in [4.69, 9.17) is 15.6 Å². The van der Waals surface area contributed by atoms with Crippen LogP contribution in [0.4, 0.5) is 5.00 Å². The number of anilines is 1. The average Bonchev–Trinajstić information content (AvgIpc) is 2.71. The summed E-state index contributed by atoms with van der Waals surface area (Å²) in [4.78, 5) is 14.8. The predicted octanol–water partition coefficient (Wildman–Crippen LogP) is 1.32. The maximum absolute atomic E-state index is 10.8. The van der Waals surface area contributed by atoms with Crippen molar-refractivity contribution in [2.75, 3.05) is 12.3 Å². The minimum atomic E-state index is -1.07. The second-order valence-corrected chi connectivity index (χ2v) is 4.60. The first kappa shape index (κ1) is 10.4. The fourth-order valence-corrected chi connectivity index (χ4v) is 2.77. The van der Waals surface area contributed by atoms with E-state index >= 15 is 0 Å².